The number of carbonyl (C=O) groups is 1. The summed E-state index contributed by atoms with van der Waals surface area (Å²) in [4.78, 5) is 25.1. The molecule has 12 heteroatoms. The van der Waals surface area contributed by atoms with E-state index in [9.17, 15) is 9.90 Å². The van der Waals surface area contributed by atoms with Gasteiger partial charge in [-0.1, -0.05) is 23.2 Å². The van der Waals surface area contributed by atoms with Crippen molar-refractivity contribution in [1.82, 2.24) is 19.5 Å². The molecule has 2 heterocycles. The second-order valence-electron chi connectivity index (χ2n) is 10.9. The molecule has 0 radical (unpaired) electrons. The first kappa shape index (κ1) is 29.9. The summed E-state index contributed by atoms with van der Waals surface area (Å²) in [6, 6.07) is 10.8. The Hall–Kier alpha value is -3.60. The third kappa shape index (κ3) is 6.56. The number of fused-ring (bicyclic) bond motifs is 1. The molecule has 0 amide bonds. The van der Waals surface area contributed by atoms with Gasteiger partial charge in [-0.15, -0.1) is 0 Å². The van der Waals surface area contributed by atoms with Crippen LogP contribution in [0.4, 0.5) is 0 Å². The van der Waals surface area contributed by atoms with Crippen LogP contribution in [0, 0.1) is 0 Å². The summed E-state index contributed by atoms with van der Waals surface area (Å²) in [5.41, 5.74) is 1.11. The van der Waals surface area contributed by atoms with Crippen LogP contribution < -0.4 is 14.2 Å². The van der Waals surface area contributed by atoms with E-state index in [1.165, 1.54) is 20.2 Å². The predicted molar refractivity (Wildman–Crippen MR) is 159 cm³/mol. The molecule has 1 aliphatic carbocycles. The number of benzene rings is 2. The van der Waals surface area contributed by atoms with Gasteiger partial charge >= 0.3 is 5.97 Å². The van der Waals surface area contributed by atoms with Crippen LogP contribution in [0.2, 0.25) is 10.0 Å². The molecule has 10 nitrogen and oxygen atoms in total. The van der Waals surface area contributed by atoms with Crippen molar-refractivity contribution in [2.75, 3.05) is 20.3 Å². The molecule has 1 fully saturated rings. The van der Waals surface area contributed by atoms with Crippen LogP contribution in [-0.2, 0) is 16.1 Å². The Bertz CT molecular complexity index is 1620. The zero-order chi connectivity index (χ0) is 30.1. The van der Waals surface area contributed by atoms with E-state index in [4.69, 9.17) is 47.1 Å². The standard InChI is InChI=1S/C30H32Cl2N4O6/c1-29(2,28(37)38)41-13-5-12-40-20-7-8-21(22(32)15-20)25-35-24-26(33-17-34-27(24)42-30(3)10-11-30)36(25)16-18-14-19(31)6-9-23(18)39-4/h6-9,14-15,17H,5,10-13,16H2,1-4H3,(H,37,38). The average molecular weight is 616 g/mol. The summed E-state index contributed by atoms with van der Waals surface area (Å²) in [6.45, 7) is 5.99. The fraction of sp³-hybridized carbons (Fsp3) is 0.400. The Morgan fingerprint density at radius 3 is 2.60 bits per heavy atom. The minimum atomic E-state index is -1.25. The van der Waals surface area contributed by atoms with Crippen molar-refractivity contribution in [3.8, 4) is 28.8 Å². The van der Waals surface area contributed by atoms with Crippen LogP contribution in [0.5, 0.6) is 17.4 Å². The number of rotatable bonds is 13. The first-order valence-electron chi connectivity index (χ1n) is 13.5. The van der Waals surface area contributed by atoms with Gasteiger partial charge in [0.1, 0.15) is 29.3 Å². The van der Waals surface area contributed by atoms with Crippen LogP contribution in [0.25, 0.3) is 22.6 Å². The van der Waals surface area contributed by atoms with Crippen LogP contribution >= 0.6 is 23.2 Å². The van der Waals surface area contributed by atoms with E-state index in [-0.39, 0.29) is 12.2 Å². The van der Waals surface area contributed by atoms with Crippen LogP contribution in [0.1, 0.15) is 45.6 Å². The van der Waals surface area contributed by atoms with E-state index in [1.54, 1.807) is 25.3 Å². The van der Waals surface area contributed by atoms with Gasteiger partial charge in [0.05, 0.1) is 31.9 Å². The molecule has 1 N–H and O–H groups in total. The normalized spacial score (nSPS) is 14.1. The number of hydrogen-bond donors (Lipinski definition) is 1. The van der Waals surface area contributed by atoms with Gasteiger partial charge in [-0.2, -0.15) is 4.98 Å². The van der Waals surface area contributed by atoms with Gasteiger partial charge in [0, 0.05) is 22.6 Å². The lowest BCUT2D eigenvalue weighted by Crippen LogP contribution is -2.35. The largest absolute Gasteiger partial charge is 0.496 e. The quantitative estimate of drug-likeness (QED) is 0.170. The lowest BCUT2D eigenvalue weighted by molar-refractivity contribution is -0.161. The molecule has 0 saturated heterocycles. The minimum Gasteiger partial charge on any atom is -0.496 e. The van der Waals surface area contributed by atoms with Crippen molar-refractivity contribution in [3.05, 3.63) is 58.3 Å². The molecule has 1 saturated carbocycles. The molecule has 0 spiro atoms. The molecule has 2 aromatic carbocycles. The maximum atomic E-state index is 11.2. The zero-order valence-corrected chi connectivity index (χ0v) is 25.3. The highest BCUT2D eigenvalue weighted by Gasteiger charge is 2.41. The molecule has 5 rings (SSSR count). The topological polar surface area (TPSA) is 118 Å². The van der Waals surface area contributed by atoms with Crippen LogP contribution in [-0.4, -0.2) is 62.1 Å². The summed E-state index contributed by atoms with van der Waals surface area (Å²) in [7, 11) is 1.61. The average Bonchev–Trinajstić information content (AvgIpc) is 3.56. The number of methoxy groups -OCH3 is 1. The number of aromatic nitrogens is 4. The summed E-state index contributed by atoms with van der Waals surface area (Å²) >= 11 is 13.1. The summed E-state index contributed by atoms with van der Waals surface area (Å²) in [5, 5.41) is 10.2. The number of carboxylic acids is 1. The Kier molecular flexibility index (Phi) is 8.50. The maximum absolute atomic E-state index is 11.2. The lowest BCUT2D eigenvalue weighted by Gasteiger charge is -2.19. The van der Waals surface area contributed by atoms with E-state index in [0.29, 0.717) is 69.5 Å². The fourth-order valence-electron chi connectivity index (χ4n) is 4.30. The SMILES string of the molecule is COc1ccc(Cl)cc1Cn1c(-c2ccc(OCCCOC(C)(C)C(=O)O)cc2Cl)nc2c(OC3(C)CC3)ncnc21. The molecule has 0 bridgehead atoms. The van der Waals surface area contributed by atoms with Gasteiger partial charge in [0.25, 0.3) is 0 Å². The van der Waals surface area contributed by atoms with Crippen molar-refractivity contribution >= 4 is 40.3 Å². The molecule has 0 atom stereocenters. The monoisotopic (exact) mass is 614 g/mol. The van der Waals surface area contributed by atoms with Gasteiger partial charge in [0.2, 0.25) is 5.88 Å². The molecule has 42 heavy (non-hydrogen) atoms. The second-order valence-corrected chi connectivity index (χ2v) is 11.7. The molecular formula is C30H32Cl2N4O6. The zero-order valence-electron chi connectivity index (χ0n) is 23.8. The summed E-state index contributed by atoms with van der Waals surface area (Å²) < 4.78 is 25.0. The van der Waals surface area contributed by atoms with Crippen molar-refractivity contribution in [2.45, 2.75) is 57.8 Å². The van der Waals surface area contributed by atoms with E-state index in [0.717, 1.165) is 18.4 Å². The molecule has 0 unspecified atom stereocenters. The predicted octanol–water partition coefficient (Wildman–Crippen LogP) is 6.44. The highest BCUT2D eigenvalue weighted by molar-refractivity contribution is 6.33. The van der Waals surface area contributed by atoms with Crippen molar-refractivity contribution in [2.24, 2.45) is 0 Å². The van der Waals surface area contributed by atoms with Gasteiger partial charge < -0.3 is 28.6 Å². The molecule has 4 aromatic rings. The van der Waals surface area contributed by atoms with Gasteiger partial charge in [-0.3, -0.25) is 0 Å². The first-order chi connectivity index (χ1) is 20.0. The van der Waals surface area contributed by atoms with E-state index in [2.05, 4.69) is 9.97 Å². The molecule has 1 aliphatic rings. The van der Waals surface area contributed by atoms with E-state index < -0.39 is 11.6 Å². The third-order valence-electron chi connectivity index (χ3n) is 7.08. The highest BCUT2D eigenvalue weighted by atomic mass is 35.5. The van der Waals surface area contributed by atoms with Gasteiger partial charge in [-0.05, 0) is 70.0 Å². The van der Waals surface area contributed by atoms with Crippen molar-refractivity contribution in [3.63, 3.8) is 0 Å². The number of imidazole rings is 1. The maximum Gasteiger partial charge on any atom is 0.335 e. The summed E-state index contributed by atoms with van der Waals surface area (Å²) in [5.74, 6) is 1.21. The van der Waals surface area contributed by atoms with Gasteiger partial charge in [0.15, 0.2) is 16.8 Å². The van der Waals surface area contributed by atoms with Crippen LogP contribution in [0.15, 0.2) is 42.7 Å². The van der Waals surface area contributed by atoms with Gasteiger partial charge in [-0.25, -0.2) is 14.8 Å². The fourth-order valence-corrected chi connectivity index (χ4v) is 4.75. The Labute approximate surface area is 253 Å². The molecule has 0 aliphatic heterocycles. The molecular weight excluding hydrogens is 583 g/mol. The smallest absolute Gasteiger partial charge is 0.335 e. The summed E-state index contributed by atoms with van der Waals surface area (Å²) in [6.07, 6.45) is 3.87. The minimum absolute atomic E-state index is 0.243. The number of ether oxygens (including phenoxy) is 4. The molecule has 2 aromatic heterocycles. The van der Waals surface area contributed by atoms with E-state index >= 15 is 0 Å². The Morgan fingerprint density at radius 1 is 1.12 bits per heavy atom. The third-order valence-corrected chi connectivity index (χ3v) is 7.63. The molecule has 222 valence electrons. The number of halogens is 2. The van der Waals surface area contributed by atoms with Crippen LogP contribution in [0.3, 0.4) is 0 Å². The first-order valence-corrected chi connectivity index (χ1v) is 14.3. The lowest BCUT2D eigenvalue weighted by atomic mass is 10.1. The number of carboxylic acid groups (broad SMARTS) is 1. The number of hydrogen-bond acceptors (Lipinski definition) is 8. The van der Waals surface area contributed by atoms with Crippen molar-refractivity contribution in [1.29, 1.82) is 0 Å². The van der Waals surface area contributed by atoms with E-state index in [1.807, 2.05) is 29.7 Å². The second kappa shape index (κ2) is 11.9. The highest BCUT2D eigenvalue weighted by Crippen LogP contribution is 2.41. The number of nitrogens with zero attached hydrogens (tertiary/aromatic N) is 4. The Morgan fingerprint density at radius 2 is 1.90 bits per heavy atom. The van der Waals surface area contributed by atoms with Crippen molar-refractivity contribution < 1.29 is 28.8 Å². The number of aliphatic carboxylic acids is 1. The Balaban J connectivity index is 1.45.